The van der Waals surface area contributed by atoms with Crippen molar-refractivity contribution in [2.45, 2.75) is 6.18 Å². The van der Waals surface area contributed by atoms with E-state index in [1.807, 2.05) is 0 Å². The van der Waals surface area contributed by atoms with Crippen molar-refractivity contribution >= 4 is 23.0 Å². The van der Waals surface area contributed by atoms with Crippen LogP contribution in [-0.2, 0) is 6.18 Å². The number of rotatable bonds is 6. The van der Waals surface area contributed by atoms with Gasteiger partial charge < -0.3 is 10.6 Å². The van der Waals surface area contributed by atoms with Crippen molar-refractivity contribution in [3.8, 4) is 0 Å². The Morgan fingerprint density at radius 2 is 1.83 bits per heavy atom. The summed E-state index contributed by atoms with van der Waals surface area (Å²) in [5.74, 6) is -0.161. The number of aromatic nitrogens is 2. The average Bonchev–Trinajstić information content (AvgIpc) is 2.52. The van der Waals surface area contributed by atoms with Gasteiger partial charge in [-0.05, 0) is 24.3 Å². The van der Waals surface area contributed by atoms with Crippen LogP contribution in [0.5, 0.6) is 0 Å². The van der Waals surface area contributed by atoms with Gasteiger partial charge in [0.15, 0.2) is 0 Å². The number of nitrogens with zero attached hydrogens (tertiary/aromatic N) is 3. The molecule has 0 amide bonds. The van der Waals surface area contributed by atoms with Gasteiger partial charge in [0.25, 0.3) is 0 Å². The van der Waals surface area contributed by atoms with Crippen LogP contribution < -0.4 is 10.6 Å². The van der Waals surface area contributed by atoms with Crippen molar-refractivity contribution in [3.05, 3.63) is 58.9 Å². The van der Waals surface area contributed by atoms with Crippen molar-refractivity contribution in [1.82, 2.24) is 9.97 Å². The highest BCUT2D eigenvalue weighted by Gasteiger charge is 2.30. The van der Waals surface area contributed by atoms with Gasteiger partial charge in [-0.2, -0.15) is 13.2 Å². The van der Waals surface area contributed by atoms with E-state index >= 15 is 0 Å². The fourth-order valence-corrected chi connectivity index (χ4v) is 1.82. The zero-order valence-electron chi connectivity index (χ0n) is 12.2. The minimum atomic E-state index is -4.46. The van der Waals surface area contributed by atoms with E-state index in [0.717, 1.165) is 30.6 Å². The summed E-state index contributed by atoms with van der Waals surface area (Å²) in [7, 11) is 0. The van der Waals surface area contributed by atoms with Crippen LogP contribution in [0.3, 0.4) is 0 Å². The Bertz CT molecular complexity index is 747. The second-order valence-corrected chi connectivity index (χ2v) is 4.55. The Morgan fingerprint density at radius 1 is 1.21 bits per heavy atom. The Hall–Kier alpha value is -3.17. The van der Waals surface area contributed by atoms with Crippen molar-refractivity contribution in [2.75, 3.05) is 17.2 Å². The predicted molar refractivity (Wildman–Crippen MR) is 82.1 cm³/mol. The Kier molecular flexibility index (Phi) is 4.97. The second kappa shape index (κ2) is 6.94. The first-order valence-corrected chi connectivity index (χ1v) is 6.61. The van der Waals surface area contributed by atoms with Gasteiger partial charge in [-0.25, -0.2) is 9.97 Å². The van der Waals surface area contributed by atoms with Gasteiger partial charge in [0.05, 0.1) is 10.5 Å². The predicted octanol–water partition coefficient (Wildman–Crippen LogP) is 3.75. The number of nitrogens with one attached hydrogen (secondary N) is 2. The summed E-state index contributed by atoms with van der Waals surface area (Å²) in [6.07, 6.45) is -1.86. The van der Waals surface area contributed by atoms with E-state index in [1.165, 1.54) is 6.08 Å². The Morgan fingerprint density at radius 3 is 2.38 bits per heavy atom. The van der Waals surface area contributed by atoms with Crippen LogP contribution >= 0.6 is 0 Å². The lowest BCUT2D eigenvalue weighted by atomic mass is 10.2. The highest BCUT2D eigenvalue weighted by atomic mass is 19.4. The first-order valence-electron chi connectivity index (χ1n) is 6.61. The zero-order valence-corrected chi connectivity index (χ0v) is 12.2. The number of hydrogen-bond donors (Lipinski definition) is 2. The molecule has 2 aromatic rings. The maximum absolute atomic E-state index is 12.5. The molecule has 24 heavy (non-hydrogen) atoms. The zero-order chi connectivity index (χ0) is 17.7. The fraction of sp³-hybridized carbons (Fsp3) is 0.143. The van der Waals surface area contributed by atoms with Crippen molar-refractivity contribution in [2.24, 2.45) is 0 Å². The molecule has 7 nitrogen and oxygen atoms in total. The first-order chi connectivity index (χ1) is 11.3. The summed E-state index contributed by atoms with van der Waals surface area (Å²) in [6.45, 7) is 3.73. The molecule has 0 fully saturated rings. The van der Waals surface area contributed by atoms with Crippen LogP contribution in [0.1, 0.15) is 5.56 Å². The van der Waals surface area contributed by atoms with E-state index in [-0.39, 0.29) is 23.9 Å². The van der Waals surface area contributed by atoms with Gasteiger partial charge in [0, 0.05) is 12.2 Å². The molecule has 1 heterocycles. The van der Waals surface area contributed by atoms with Gasteiger partial charge in [-0.15, -0.1) is 6.58 Å². The molecule has 0 aliphatic rings. The standard InChI is InChI=1S/C14H12F3N5O2/c1-2-7-18-12-11(22(23)24)13(20-8-19-12)21-10-5-3-9(4-6-10)14(15,16)17/h2-6,8H,1,7H2,(H2,18,19,20,21). The van der Waals surface area contributed by atoms with Gasteiger partial charge in [-0.3, -0.25) is 10.1 Å². The molecule has 1 aromatic heterocycles. The molecule has 0 saturated heterocycles. The van der Waals surface area contributed by atoms with Crippen LogP contribution in [0, 0.1) is 10.1 Å². The lowest BCUT2D eigenvalue weighted by Crippen LogP contribution is -2.08. The maximum atomic E-state index is 12.5. The van der Waals surface area contributed by atoms with Gasteiger partial charge in [0.2, 0.25) is 11.6 Å². The van der Waals surface area contributed by atoms with Crippen LogP contribution in [-0.4, -0.2) is 21.4 Å². The minimum Gasteiger partial charge on any atom is -0.361 e. The molecular weight excluding hydrogens is 327 g/mol. The molecular formula is C14H12F3N5O2. The van der Waals surface area contributed by atoms with Crippen molar-refractivity contribution < 1.29 is 18.1 Å². The SMILES string of the molecule is C=CCNc1ncnc(Nc2ccc(C(F)(F)F)cc2)c1[N+](=O)[O-]. The fourth-order valence-electron chi connectivity index (χ4n) is 1.82. The number of benzene rings is 1. The Balaban J connectivity index is 2.32. The monoisotopic (exact) mass is 339 g/mol. The molecule has 0 radical (unpaired) electrons. The highest BCUT2D eigenvalue weighted by molar-refractivity contribution is 5.73. The van der Waals surface area contributed by atoms with E-state index in [2.05, 4.69) is 27.2 Å². The van der Waals surface area contributed by atoms with Gasteiger partial charge in [-0.1, -0.05) is 6.08 Å². The van der Waals surface area contributed by atoms with E-state index in [9.17, 15) is 23.3 Å². The highest BCUT2D eigenvalue weighted by Crippen LogP contribution is 2.33. The largest absolute Gasteiger partial charge is 0.416 e. The van der Waals surface area contributed by atoms with Crippen LogP contribution in [0.15, 0.2) is 43.2 Å². The third-order valence-corrected chi connectivity index (χ3v) is 2.89. The summed E-state index contributed by atoms with van der Waals surface area (Å²) in [6, 6.07) is 4.05. The normalized spacial score (nSPS) is 11.0. The van der Waals surface area contributed by atoms with Crippen LogP contribution in [0.2, 0.25) is 0 Å². The molecule has 1 aromatic carbocycles. The molecule has 10 heteroatoms. The quantitative estimate of drug-likeness (QED) is 0.473. The molecule has 0 atom stereocenters. The number of anilines is 3. The molecule has 126 valence electrons. The molecule has 2 N–H and O–H groups in total. The smallest absolute Gasteiger partial charge is 0.361 e. The first kappa shape index (κ1) is 17.2. The van der Waals surface area contributed by atoms with Crippen LogP contribution in [0.4, 0.5) is 36.2 Å². The molecule has 0 aliphatic heterocycles. The molecule has 0 spiro atoms. The topological polar surface area (TPSA) is 93.0 Å². The number of alkyl halides is 3. The number of halogens is 3. The summed E-state index contributed by atoms with van der Waals surface area (Å²) < 4.78 is 37.6. The van der Waals surface area contributed by atoms with Crippen LogP contribution in [0.25, 0.3) is 0 Å². The molecule has 0 saturated carbocycles. The van der Waals surface area contributed by atoms with E-state index in [1.54, 1.807) is 0 Å². The lowest BCUT2D eigenvalue weighted by molar-refractivity contribution is -0.383. The van der Waals surface area contributed by atoms with E-state index in [4.69, 9.17) is 0 Å². The van der Waals surface area contributed by atoms with E-state index in [0.29, 0.717) is 0 Å². The second-order valence-electron chi connectivity index (χ2n) is 4.55. The van der Waals surface area contributed by atoms with Gasteiger partial charge >= 0.3 is 11.9 Å². The molecule has 2 rings (SSSR count). The summed E-state index contributed by atoms with van der Waals surface area (Å²) in [4.78, 5) is 18.1. The third kappa shape index (κ3) is 3.97. The number of nitro groups is 1. The minimum absolute atomic E-state index is 0.0238. The Labute approximate surface area is 134 Å². The molecule has 0 aliphatic carbocycles. The third-order valence-electron chi connectivity index (χ3n) is 2.89. The molecule has 0 unspecified atom stereocenters. The maximum Gasteiger partial charge on any atom is 0.416 e. The summed E-state index contributed by atoms with van der Waals surface area (Å²) in [5.41, 5.74) is -1.02. The van der Waals surface area contributed by atoms with Crippen molar-refractivity contribution in [3.63, 3.8) is 0 Å². The number of hydrogen-bond acceptors (Lipinski definition) is 6. The molecule has 0 bridgehead atoms. The van der Waals surface area contributed by atoms with Gasteiger partial charge in [0.1, 0.15) is 6.33 Å². The lowest BCUT2D eigenvalue weighted by Gasteiger charge is -2.10. The van der Waals surface area contributed by atoms with E-state index < -0.39 is 22.4 Å². The summed E-state index contributed by atoms with van der Waals surface area (Å²) in [5, 5.41) is 16.6. The average molecular weight is 339 g/mol. The van der Waals surface area contributed by atoms with Crippen molar-refractivity contribution in [1.29, 1.82) is 0 Å². The summed E-state index contributed by atoms with van der Waals surface area (Å²) >= 11 is 0.